The van der Waals surface area contributed by atoms with E-state index in [9.17, 15) is 14.0 Å². The Balaban J connectivity index is 1.94. The van der Waals surface area contributed by atoms with Gasteiger partial charge in [0.1, 0.15) is 16.5 Å². The lowest BCUT2D eigenvalue weighted by atomic mass is 10.1. The third-order valence-electron chi connectivity index (χ3n) is 3.61. The average Bonchev–Trinajstić information content (AvgIpc) is 2.72. The molecule has 0 fully saturated rings. The molecule has 0 radical (unpaired) electrons. The largest absolute Gasteiger partial charge is 0.350 e. The summed E-state index contributed by atoms with van der Waals surface area (Å²) in [6, 6.07) is 10.9. The number of carbonyl (C=O) groups is 2. The van der Waals surface area contributed by atoms with Crippen LogP contribution in [0.3, 0.4) is 0 Å². The number of imide groups is 1. The quantitative estimate of drug-likeness (QED) is 0.860. The van der Waals surface area contributed by atoms with Crippen LogP contribution in [0.2, 0.25) is 0 Å². The Hall–Kier alpha value is -2.66. The summed E-state index contributed by atoms with van der Waals surface area (Å²) in [5.74, 6) is -1.53. The number of carbonyl (C=O) groups excluding carboxylic acids is 2. The number of aryl methyl sites for hydroxylation is 2. The van der Waals surface area contributed by atoms with Crippen LogP contribution < -0.4 is 10.2 Å². The van der Waals surface area contributed by atoms with Gasteiger partial charge in [-0.2, -0.15) is 0 Å². The predicted octanol–water partition coefficient (Wildman–Crippen LogP) is 3.88. The Bertz CT molecular complexity index is 855. The Morgan fingerprint density at radius 2 is 1.54 bits per heavy atom. The number of rotatable bonds is 3. The van der Waals surface area contributed by atoms with E-state index in [1.165, 1.54) is 24.3 Å². The molecule has 6 heteroatoms. The minimum atomic E-state index is -0.587. The molecule has 4 nitrogen and oxygen atoms in total. The van der Waals surface area contributed by atoms with E-state index in [-0.39, 0.29) is 10.7 Å². The fraction of sp³-hybridized carbons (Fsp3) is 0.111. The minimum absolute atomic E-state index is 0.0209. The van der Waals surface area contributed by atoms with Crippen LogP contribution in [0.5, 0.6) is 0 Å². The summed E-state index contributed by atoms with van der Waals surface area (Å²) in [5, 5.41) is 2.60. The molecule has 24 heavy (non-hydrogen) atoms. The van der Waals surface area contributed by atoms with Gasteiger partial charge in [-0.25, -0.2) is 9.29 Å². The van der Waals surface area contributed by atoms with Crippen molar-refractivity contribution in [1.82, 2.24) is 0 Å². The van der Waals surface area contributed by atoms with Crippen LogP contribution in [-0.4, -0.2) is 11.8 Å². The highest BCUT2D eigenvalue weighted by Crippen LogP contribution is 2.31. The summed E-state index contributed by atoms with van der Waals surface area (Å²) in [6.07, 6.45) is 0. The molecule has 0 saturated heterocycles. The molecule has 0 bridgehead atoms. The lowest BCUT2D eigenvalue weighted by Gasteiger charge is -2.16. The highest BCUT2D eigenvalue weighted by molar-refractivity contribution is 6.53. The second-order valence-corrected chi connectivity index (χ2v) is 5.99. The van der Waals surface area contributed by atoms with Gasteiger partial charge in [0.15, 0.2) is 0 Å². The van der Waals surface area contributed by atoms with Crippen molar-refractivity contribution in [3.05, 3.63) is 70.1 Å². The molecule has 0 saturated carbocycles. The van der Waals surface area contributed by atoms with Crippen LogP contribution in [0.25, 0.3) is 0 Å². The van der Waals surface area contributed by atoms with Crippen molar-refractivity contribution in [3.63, 3.8) is 0 Å². The highest BCUT2D eigenvalue weighted by atomic mass is 35.5. The number of halogens is 2. The first-order chi connectivity index (χ1) is 11.4. The second kappa shape index (κ2) is 6.09. The Morgan fingerprint density at radius 1 is 0.958 bits per heavy atom. The van der Waals surface area contributed by atoms with Crippen molar-refractivity contribution in [2.75, 3.05) is 10.2 Å². The van der Waals surface area contributed by atoms with Crippen molar-refractivity contribution >= 4 is 34.8 Å². The minimum Gasteiger partial charge on any atom is -0.350 e. The molecule has 0 aliphatic carbocycles. The Labute approximate surface area is 143 Å². The van der Waals surface area contributed by atoms with Crippen LogP contribution in [0.15, 0.2) is 53.2 Å². The second-order valence-electron chi connectivity index (χ2n) is 5.61. The summed E-state index contributed by atoms with van der Waals surface area (Å²) in [4.78, 5) is 26.1. The van der Waals surface area contributed by atoms with Gasteiger partial charge < -0.3 is 5.32 Å². The van der Waals surface area contributed by atoms with E-state index in [1.54, 1.807) is 12.1 Å². The van der Waals surface area contributed by atoms with Gasteiger partial charge >= 0.3 is 0 Å². The summed E-state index contributed by atoms with van der Waals surface area (Å²) in [5.41, 5.74) is 2.78. The van der Waals surface area contributed by atoms with E-state index < -0.39 is 17.6 Å². The standard InChI is InChI=1S/C18H14ClFN2O2/c1-10-7-11(2)9-14(8-10)22-17(23)15(19)16(18(22)24)21-13-5-3-12(20)4-6-13/h3-9,21H,1-2H3. The molecule has 2 aromatic rings. The van der Waals surface area contributed by atoms with Gasteiger partial charge in [-0.3, -0.25) is 9.59 Å². The van der Waals surface area contributed by atoms with Gasteiger partial charge in [-0.05, 0) is 61.4 Å². The normalized spacial score (nSPS) is 14.6. The molecule has 1 aliphatic heterocycles. The number of nitrogens with zero attached hydrogens (tertiary/aromatic N) is 1. The van der Waals surface area contributed by atoms with Gasteiger partial charge in [0.25, 0.3) is 11.8 Å². The van der Waals surface area contributed by atoms with Crippen LogP contribution in [0.1, 0.15) is 11.1 Å². The van der Waals surface area contributed by atoms with Crippen molar-refractivity contribution in [3.8, 4) is 0 Å². The summed E-state index contributed by atoms with van der Waals surface area (Å²) in [7, 11) is 0. The summed E-state index contributed by atoms with van der Waals surface area (Å²) < 4.78 is 13.0. The molecule has 1 heterocycles. The van der Waals surface area contributed by atoms with Crippen molar-refractivity contribution in [1.29, 1.82) is 0 Å². The Morgan fingerprint density at radius 3 is 2.12 bits per heavy atom. The molecule has 3 rings (SSSR count). The number of anilines is 2. The molecule has 0 atom stereocenters. The fourth-order valence-corrected chi connectivity index (χ4v) is 2.82. The molecule has 1 aliphatic rings. The zero-order valence-corrected chi connectivity index (χ0v) is 13.8. The van der Waals surface area contributed by atoms with Gasteiger partial charge in [0, 0.05) is 5.69 Å². The number of hydrogen-bond donors (Lipinski definition) is 1. The van der Waals surface area contributed by atoms with Crippen molar-refractivity contribution < 1.29 is 14.0 Å². The lowest BCUT2D eigenvalue weighted by molar-refractivity contribution is -0.120. The first kappa shape index (κ1) is 16.2. The molecular formula is C18H14ClFN2O2. The average molecular weight is 345 g/mol. The topological polar surface area (TPSA) is 49.4 Å². The van der Waals surface area contributed by atoms with E-state index in [0.717, 1.165) is 16.0 Å². The van der Waals surface area contributed by atoms with E-state index in [0.29, 0.717) is 11.4 Å². The first-order valence-corrected chi connectivity index (χ1v) is 7.64. The van der Waals surface area contributed by atoms with Crippen molar-refractivity contribution in [2.24, 2.45) is 0 Å². The maximum Gasteiger partial charge on any atom is 0.283 e. The van der Waals surface area contributed by atoms with E-state index in [2.05, 4.69) is 5.32 Å². The zero-order chi connectivity index (χ0) is 17.4. The SMILES string of the molecule is Cc1cc(C)cc(N2C(=O)C(Cl)=C(Nc3ccc(F)cc3)C2=O)c1. The maximum atomic E-state index is 13.0. The molecule has 1 N–H and O–H groups in total. The number of nitrogens with one attached hydrogen (secondary N) is 1. The lowest BCUT2D eigenvalue weighted by Crippen LogP contribution is -2.32. The molecule has 2 aromatic carbocycles. The molecule has 122 valence electrons. The third-order valence-corrected chi connectivity index (χ3v) is 3.96. The smallest absolute Gasteiger partial charge is 0.283 e. The maximum absolute atomic E-state index is 13.0. The Kier molecular flexibility index (Phi) is 4.11. The number of benzene rings is 2. The van der Waals surface area contributed by atoms with E-state index >= 15 is 0 Å². The fourth-order valence-electron chi connectivity index (χ4n) is 2.60. The van der Waals surface area contributed by atoms with Gasteiger partial charge in [-0.1, -0.05) is 17.7 Å². The zero-order valence-electron chi connectivity index (χ0n) is 13.1. The molecular weight excluding hydrogens is 331 g/mol. The van der Waals surface area contributed by atoms with Gasteiger partial charge in [-0.15, -0.1) is 0 Å². The van der Waals surface area contributed by atoms with E-state index in [1.807, 2.05) is 19.9 Å². The molecule has 2 amide bonds. The molecule has 0 unspecified atom stereocenters. The number of amides is 2. The monoisotopic (exact) mass is 344 g/mol. The molecule has 0 spiro atoms. The van der Waals surface area contributed by atoms with Crippen LogP contribution in [0, 0.1) is 19.7 Å². The van der Waals surface area contributed by atoms with Gasteiger partial charge in [0.2, 0.25) is 0 Å². The predicted molar refractivity (Wildman–Crippen MR) is 91.3 cm³/mol. The third kappa shape index (κ3) is 2.90. The summed E-state index contributed by atoms with van der Waals surface area (Å²) in [6.45, 7) is 3.77. The van der Waals surface area contributed by atoms with Crippen LogP contribution >= 0.6 is 11.6 Å². The summed E-state index contributed by atoms with van der Waals surface area (Å²) >= 11 is 6.06. The number of hydrogen-bond acceptors (Lipinski definition) is 3. The highest BCUT2D eigenvalue weighted by Gasteiger charge is 2.39. The van der Waals surface area contributed by atoms with Gasteiger partial charge in [0.05, 0.1) is 5.69 Å². The van der Waals surface area contributed by atoms with Crippen LogP contribution in [0.4, 0.5) is 15.8 Å². The van der Waals surface area contributed by atoms with Crippen molar-refractivity contribution in [2.45, 2.75) is 13.8 Å². The molecule has 0 aromatic heterocycles. The first-order valence-electron chi connectivity index (χ1n) is 7.26. The van der Waals surface area contributed by atoms with Crippen LogP contribution in [-0.2, 0) is 9.59 Å². The van der Waals surface area contributed by atoms with E-state index in [4.69, 9.17) is 11.6 Å².